The molecule has 9 heteroatoms. The summed E-state index contributed by atoms with van der Waals surface area (Å²) >= 11 is 11.8. The first-order chi connectivity index (χ1) is 18.3. The third-order valence-electron chi connectivity index (χ3n) is 7.10. The van der Waals surface area contributed by atoms with E-state index in [-0.39, 0.29) is 40.2 Å². The van der Waals surface area contributed by atoms with Gasteiger partial charge in [0.25, 0.3) is 5.91 Å². The van der Waals surface area contributed by atoms with Gasteiger partial charge in [-0.2, -0.15) is 0 Å². The van der Waals surface area contributed by atoms with Crippen LogP contribution in [0.25, 0.3) is 0 Å². The van der Waals surface area contributed by atoms with Gasteiger partial charge in [0.2, 0.25) is 11.8 Å². The van der Waals surface area contributed by atoms with Crippen LogP contribution in [0.15, 0.2) is 72.8 Å². The highest BCUT2D eigenvalue weighted by molar-refractivity contribution is 6.42. The first kappa shape index (κ1) is 25.9. The number of imide groups is 1. The molecule has 7 nitrogen and oxygen atoms in total. The molecule has 5 rings (SSSR count). The first-order valence-electron chi connectivity index (χ1n) is 12.3. The molecular weight excluding hydrogens is 527 g/mol. The first-order valence-corrected chi connectivity index (χ1v) is 13.0. The molecule has 1 aliphatic heterocycles. The number of carbonyl (C=O) groups excluding carboxylic acids is 4. The molecule has 0 unspecified atom stereocenters. The minimum Gasteiger partial charge on any atom is -0.452 e. The number of amides is 3. The summed E-state index contributed by atoms with van der Waals surface area (Å²) in [7, 11) is 0. The molecule has 1 aliphatic carbocycles. The Morgan fingerprint density at radius 2 is 1.58 bits per heavy atom. The molecule has 3 aromatic carbocycles. The number of fused-ring (bicyclic) bond motifs is 1. The molecule has 0 aromatic heterocycles. The van der Waals surface area contributed by atoms with Gasteiger partial charge in [-0.05, 0) is 73.2 Å². The Balaban J connectivity index is 1.19. The lowest BCUT2D eigenvalue weighted by Crippen LogP contribution is -2.30. The predicted molar refractivity (Wildman–Crippen MR) is 144 cm³/mol. The molecule has 1 N–H and O–H groups in total. The number of ether oxygens (including phenoxy) is 1. The van der Waals surface area contributed by atoms with Crippen LogP contribution < -0.4 is 10.2 Å². The zero-order valence-electron chi connectivity index (χ0n) is 20.2. The van der Waals surface area contributed by atoms with Crippen LogP contribution in [0.5, 0.6) is 0 Å². The average molecular weight is 551 g/mol. The fourth-order valence-corrected chi connectivity index (χ4v) is 5.49. The number of anilines is 2. The van der Waals surface area contributed by atoms with Crippen molar-refractivity contribution in [1.29, 1.82) is 0 Å². The number of rotatable bonds is 6. The van der Waals surface area contributed by atoms with Crippen LogP contribution in [0.1, 0.15) is 41.1 Å². The van der Waals surface area contributed by atoms with E-state index in [9.17, 15) is 19.2 Å². The molecule has 3 atom stereocenters. The minimum absolute atomic E-state index is 0.191. The van der Waals surface area contributed by atoms with Gasteiger partial charge in [-0.3, -0.25) is 19.3 Å². The standard InChI is InChI=1S/C29H24Cl2N2O5/c30-24-13-9-20(15-25(24)31)32-26(34)16-38-29(37)18-6-10-21(11-7-18)33-27(35)22-12-8-19(14-23(22)28(33)36)17-4-2-1-3-5-17/h1-7,9-11,13,15,19,22-23H,8,12,14,16H2,(H,32,34)/t19-,22-,23+/m1/s1. The molecule has 38 heavy (non-hydrogen) atoms. The number of nitrogens with zero attached hydrogens (tertiary/aromatic N) is 1. The van der Waals surface area contributed by atoms with Crippen molar-refractivity contribution in [3.63, 3.8) is 0 Å². The molecule has 2 aliphatic rings. The van der Waals surface area contributed by atoms with Crippen LogP contribution in [-0.4, -0.2) is 30.3 Å². The van der Waals surface area contributed by atoms with Crippen molar-refractivity contribution in [2.45, 2.75) is 25.2 Å². The Bertz CT molecular complexity index is 1390. The molecule has 3 amide bonds. The third kappa shape index (κ3) is 5.30. The monoisotopic (exact) mass is 550 g/mol. The van der Waals surface area contributed by atoms with E-state index in [1.54, 1.807) is 24.3 Å². The highest BCUT2D eigenvalue weighted by Gasteiger charge is 2.50. The van der Waals surface area contributed by atoms with E-state index in [0.29, 0.717) is 29.2 Å². The van der Waals surface area contributed by atoms with Crippen LogP contribution >= 0.6 is 23.2 Å². The number of esters is 1. The Morgan fingerprint density at radius 1 is 0.868 bits per heavy atom. The summed E-state index contributed by atoms with van der Waals surface area (Å²) in [5, 5.41) is 3.21. The van der Waals surface area contributed by atoms with Gasteiger partial charge in [0, 0.05) is 5.69 Å². The Labute approximate surface area is 229 Å². The molecule has 2 fully saturated rings. The molecule has 194 valence electrons. The number of benzene rings is 3. The van der Waals surface area contributed by atoms with E-state index >= 15 is 0 Å². The maximum atomic E-state index is 13.3. The molecule has 1 saturated heterocycles. The number of halogens is 2. The van der Waals surface area contributed by atoms with E-state index in [1.807, 2.05) is 18.2 Å². The second-order valence-electron chi connectivity index (χ2n) is 9.45. The highest BCUT2D eigenvalue weighted by atomic mass is 35.5. The zero-order valence-corrected chi connectivity index (χ0v) is 21.7. The normalized spacial score (nSPS) is 20.7. The van der Waals surface area contributed by atoms with E-state index in [0.717, 1.165) is 6.42 Å². The molecule has 1 saturated carbocycles. The summed E-state index contributed by atoms with van der Waals surface area (Å²) in [5.41, 5.74) is 2.22. The summed E-state index contributed by atoms with van der Waals surface area (Å²) in [5.74, 6) is -2.06. The van der Waals surface area contributed by atoms with Crippen LogP contribution in [0.3, 0.4) is 0 Å². The Hall–Kier alpha value is -3.68. The molecule has 0 spiro atoms. The van der Waals surface area contributed by atoms with Gasteiger partial charge in [-0.15, -0.1) is 0 Å². The summed E-state index contributed by atoms with van der Waals surface area (Å²) in [6.45, 7) is -0.504. The van der Waals surface area contributed by atoms with Crippen molar-refractivity contribution in [3.8, 4) is 0 Å². The molecular formula is C29H24Cl2N2O5. The van der Waals surface area contributed by atoms with Crippen molar-refractivity contribution >= 4 is 58.3 Å². The molecule has 1 heterocycles. The maximum Gasteiger partial charge on any atom is 0.338 e. The molecule has 3 aromatic rings. The maximum absolute atomic E-state index is 13.3. The van der Waals surface area contributed by atoms with E-state index in [2.05, 4.69) is 17.4 Å². The van der Waals surface area contributed by atoms with Crippen LogP contribution in [0, 0.1) is 11.8 Å². The quantitative estimate of drug-likeness (QED) is 0.306. The average Bonchev–Trinajstić information content (AvgIpc) is 3.19. The molecule has 0 bridgehead atoms. The number of hydrogen-bond donors (Lipinski definition) is 1. The lowest BCUT2D eigenvalue weighted by Gasteiger charge is -2.28. The topological polar surface area (TPSA) is 92.8 Å². The lowest BCUT2D eigenvalue weighted by molar-refractivity contribution is -0.122. The largest absolute Gasteiger partial charge is 0.452 e. The summed E-state index contributed by atoms with van der Waals surface area (Å²) in [4.78, 5) is 52.2. The third-order valence-corrected chi connectivity index (χ3v) is 7.83. The second-order valence-corrected chi connectivity index (χ2v) is 10.3. The molecule has 0 radical (unpaired) electrons. The van der Waals surface area contributed by atoms with Crippen molar-refractivity contribution in [3.05, 3.63) is 94.0 Å². The number of carbonyl (C=O) groups is 4. The zero-order chi connectivity index (χ0) is 26.8. The van der Waals surface area contributed by atoms with Gasteiger partial charge in [0.05, 0.1) is 33.1 Å². The Morgan fingerprint density at radius 3 is 2.29 bits per heavy atom. The van der Waals surface area contributed by atoms with E-state index in [4.69, 9.17) is 27.9 Å². The SMILES string of the molecule is O=C(COC(=O)c1ccc(N2C(=O)[C@H]3C[C@H](c4ccccc4)CC[C@H]3C2=O)cc1)Nc1ccc(Cl)c(Cl)c1. The van der Waals surface area contributed by atoms with Gasteiger partial charge >= 0.3 is 5.97 Å². The van der Waals surface area contributed by atoms with Gasteiger partial charge < -0.3 is 10.1 Å². The van der Waals surface area contributed by atoms with Crippen molar-refractivity contribution in [2.75, 3.05) is 16.8 Å². The summed E-state index contributed by atoms with van der Waals surface area (Å²) in [6, 6.07) is 20.7. The number of nitrogens with one attached hydrogen (secondary N) is 1. The second kappa shape index (κ2) is 11.0. The van der Waals surface area contributed by atoms with Crippen molar-refractivity contribution < 1.29 is 23.9 Å². The number of hydrogen-bond acceptors (Lipinski definition) is 5. The fraction of sp³-hybridized carbons (Fsp3) is 0.241. The van der Waals surface area contributed by atoms with Crippen LogP contribution in [-0.2, 0) is 19.1 Å². The van der Waals surface area contributed by atoms with Gasteiger partial charge in [-0.25, -0.2) is 4.79 Å². The van der Waals surface area contributed by atoms with Gasteiger partial charge in [0.1, 0.15) is 0 Å². The summed E-state index contributed by atoms with van der Waals surface area (Å²) < 4.78 is 5.10. The minimum atomic E-state index is -0.709. The van der Waals surface area contributed by atoms with E-state index in [1.165, 1.54) is 28.7 Å². The highest BCUT2D eigenvalue weighted by Crippen LogP contribution is 2.45. The fourth-order valence-electron chi connectivity index (χ4n) is 5.19. The van der Waals surface area contributed by atoms with E-state index < -0.39 is 18.5 Å². The summed E-state index contributed by atoms with van der Waals surface area (Å²) in [6.07, 6.45) is 2.17. The van der Waals surface area contributed by atoms with Crippen molar-refractivity contribution in [1.82, 2.24) is 0 Å². The van der Waals surface area contributed by atoms with Crippen molar-refractivity contribution in [2.24, 2.45) is 11.8 Å². The van der Waals surface area contributed by atoms with Crippen LogP contribution in [0.4, 0.5) is 11.4 Å². The lowest BCUT2D eigenvalue weighted by atomic mass is 9.73. The predicted octanol–water partition coefficient (Wildman–Crippen LogP) is 5.86. The smallest absolute Gasteiger partial charge is 0.338 e. The Kier molecular flexibility index (Phi) is 7.49. The van der Waals surface area contributed by atoms with Gasteiger partial charge in [-0.1, -0.05) is 53.5 Å². The van der Waals surface area contributed by atoms with Crippen LogP contribution in [0.2, 0.25) is 10.0 Å². The van der Waals surface area contributed by atoms with Gasteiger partial charge in [0.15, 0.2) is 6.61 Å².